The number of aromatic carboxylic acids is 1. The van der Waals surface area contributed by atoms with Crippen LogP contribution >= 0.6 is 11.6 Å². The normalized spacial score (nSPS) is 10.5. The quantitative estimate of drug-likeness (QED) is 0.852. The number of benzene rings is 1. The van der Waals surface area contributed by atoms with Gasteiger partial charge in [-0.25, -0.2) is 13.6 Å². The molecule has 5 nitrogen and oxygen atoms in total. The SMILES string of the molecule is COc1cc(F)c(-c2cc(C(=O)O)[nH]n2)c(F)c1Cl. The number of rotatable bonds is 3. The molecule has 0 spiro atoms. The van der Waals surface area contributed by atoms with E-state index in [1.165, 1.54) is 7.11 Å². The summed E-state index contributed by atoms with van der Waals surface area (Å²) < 4.78 is 32.5. The molecule has 1 heterocycles. The average Bonchev–Trinajstić information content (AvgIpc) is 2.83. The largest absolute Gasteiger partial charge is 0.495 e. The van der Waals surface area contributed by atoms with Gasteiger partial charge in [-0.2, -0.15) is 5.10 Å². The number of carboxylic acid groups (broad SMARTS) is 1. The molecule has 2 N–H and O–H groups in total. The highest BCUT2D eigenvalue weighted by atomic mass is 35.5. The van der Waals surface area contributed by atoms with Crippen molar-refractivity contribution in [2.45, 2.75) is 0 Å². The number of H-pyrrole nitrogens is 1. The number of methoxy groups -OCH3 is 1. The lowest BCUT2D eigenvalue weighted by atomic mass is 10.1. The van der Waals surface area contributed by atoms with Crippen molar-refractivity contribution in [1.82, 2.24) is 10.2 Å². The molecule has 1 aromatic heterocycles. The summed E-state index contributed by atoms with van der Waals surface area (Å²) in [6.45, 7) is 0. The van der Waals surface area contributed by atoms with Crippen LogP contribution in [0.2, 0.25) is 5.02 Å². The average molecular weight is 289 g/mol. The second kappa shape index (κ2) is 4.85. The maximum Gasteiger partial charge on any atom is 0.353 e. The van der Waals surface area contributed by atoms with Crippen LogP contribution in [0.5, 0.6) is 5.75 Å². The number of carboxylic acids is 1. The van der Waals surface area contributed by atoms with Crippen molar-refractivity contribution in [2.75, 3.05) is 7.11 Å². The van der Waals surface area contributed by atoms with Crippen LogP contribution in [0.3, 0.4) is 0 Å². The van der Waals surface area contributed by atoms with E-state index in [1.54, 1.807) is 0 Å². The molecule has 0 saturated carbocycles. The summed E-state index contributed by atoms with van der Waals surface area (Å²) in [7, 11) is 1.22. The fraction of sp³-hybridized carbons (Fsp3) is 0.0909. The number of ether oxygens (including phenoxy) is 1. The monoisotopic (exact) mass is 288 g/mol. The molecule has 8 heteroatoms. The van der Waals surface area contributed by atoms with Gasteiger partial charge in [0.05, 0.1) is 18.4 Å². The molecule has 0 aliphatic heterocycles. The molecule has 0 atom stereocenters. The molecular formula is C11H7ClF2N2O3. The zero-order valence-electron chi connectivity index (χ0n) is 9.50. The van der Waals surface area contributed by atoms with Gasteiger partial charge in [0.1, 0.15) is 22.3 Å². The first kappa shape index (κ1) is 13.3. The highest BCUT2D eigenvalue weighted by molar-refractivity contribution is 6.32. The van der Waals surface area contributed by atoms with Gasteiger partial charge in [-0.15, -0.1) is 0 Å². The Morgan fingerprint density at radius 3 is 2.68 bits per heavy atom. The smallest absolute Gasteiger partial charge is 0.353 e. The van der Waals surface area contributed by atoms with Crippen molar-refractivity contribution < 1.29 is 23.4 Å². The fourth-order valence-electron chi connectivity index (χ4n) is 1.52. The molecule has 0 radical (unpaired) electrons. The van der Waals surface area contributed by atoms with Gasteiger partial charge in [0.25, 0.3) is 0 Å². The van der Waals surface area contributed by atoms with Crippen molar-refractivity contribution in [1.29, 1.82) is 0 Å². The topological polar surface area (TPSA) is 75.2 Å². The molecule has 19 heavy (non-hydrogen) atoms. The van der Waals surface area contributed by atoms with E-state index < -0.39 is 28.2 Å². The lowest BCUT2D eigenvalue weighted by Gasteiger charge is -2.08. The Labute approximate surface area is 110 Å². The molecule has 1 aromatic carbocycles. The molecule has 0 amide bonds. The molecule has 0 aliphatic rings. The highest BCUT2D eigenvalue weighted by Gasteiger charge is 2.22. The van der Waals surface area contributed by atoms with Crippen LogP contribution < -0.4 is 4.74 Å². The van der Waals surface area contributed by atoms with E-state index in [-0.39, 0.29) is 17.1 Å². The van der Waals surface area contributed by atoms with E-state index in [9.17, 15) is 13.6 Å². The molecule has 0 unspecified atom stereocenters. The first-order valence-corrected chi connectivity index (χ1v) is 5.34. The molecule has 0 fully saturated rings. The van der Waals surface area contributed by atoms with Gasteiger partial charge in [-0.05, 0) is 6.07 Å². The number of halogens is 3. The summed E-state index contributed by atoms with van der Waals surface area (Å²) in [6.07, 6.45) is 0. The van der Waals surface area contributed by atoms with Crippen molar-refractivity contribution in [3.8, 4) is 17.0 Å². The fourth-order valence-corrected chi connectivity index (χ4v) is 1.74. The number of hydrogen-bond donors (Lipinski definition) is 2. The zero-order valence-corrected chi connectivity index (χ0v) is 10.3. The Hall–Kier alpha value is -2.15. The van der Waals surface area contributed by atoms with E-state index in [1.807, 2.05) is 0 Å². The number of carbonyl (C=O) groups is 1. The number of nitrogens with one attached hydrogen (secondary N) is 1. The Kier molecular flexibility index (Phi) is 3.39. The third-order valence-corrected chi connectivity index (χ3v) is 2.76. The van der Waals surface area contributed by atoms with Crippen molar-refractivity contribution in [3.63, 3.8) is 0 Å². The highest BCUT2D eigenvalue weighted by Crippen LogP contribution is 2.36. The Morgan fingerprint density at radius 2 is 2.16 bits per heavy atom. The number of aromatic nitrogens is 2. The molecule has 2 aromatic rings. The summed E-state index contributed by atoms with van der Waals surface area (Å²) in [5, 5.41) is 14.0. The molecule has 0 bridgehead atoms. The summed E-state index contributed by atoms with van der Waals surface area (Å²) in [5.41, 5.74) is -1.01. The standard InChI is InChI=1S/C11H7ClF2N2O3/c1-19-7-2-4(13)8(10(14)9(7)12)5-3-6(11(17)18)16-15-5/h2-3H,1H3,(H,15,16)(H,17,18). The summed E-state index contributed by atoms with van der Waals surface area (Å²) in [5.74, 6) is -3.47. The minimum absolute atomic E-state index is 0.158. The second-order valence-corrected chi connectivity index (χ2v) is 3.91. The third-order valence-electron chi connectivity index (χ3n) is 2.41. The van der Waals surface area contributed by atoms with Crippen LogP contribution in [0.25, 0.3) is 11.3 Å². The third kappa shape index (κ3) is 2.24. The van der Waals surface area contributed by atoms with Crippen molar-refractivity contribution >= 4 is 17.6 Å². The van der Waals surface area contributed by atoms with Gasteiger partial charge in [-0.3, -0.25) is 5.10 Å². The maximum absolute atomic E-state index is 14.0. The van der Waals surface area contributed by atoms with Gasteiger partial charge < -0.3 is 9.84 Å². The van der Waals surface area contributed by atoms with E-state index in [0.29, 0.717) is 0 Å². The minimum atomic E-state index is -1.29. The Balaban J connectivity index is 2.61. The minimum Gasteiger partial charge on any atom is -0.495 e. The van der Waals surface area contributed by atoms with Crippen LogP contribution in [0, 0.1) is 11.6 Å². The number of aromatic amines is 1. The molecule has 0 saturated heterocycles. The molecular weight excluding hydrogens is 282 g/mol. The predicted molar refractivity (Wildman–Crippen MR) is 62.5 cm³/mol. The van der Waals surface area contributed by atoms with Crippen molar-refractivity contribution in [3.05, 3.63) is 34.5 Å². The van der Waals surface area contributed by atoms with E-state index in [4.69, 9.17) is 21.4 Å². The van der Waals surface area contributed by atoms with E-state index in [2.05, 4.69) is 10.2 Å². The van der Waals surface area contributed by atoms with Crippen LogP contribution in [0.4, 0.5) is 8.78 Å². The Bertz CT molecular complexity index is 658. The van der Waals surface area contributed by atoms with Crippen molar-refractivity contribution in [2.24, 2.45) is 0 Å². The number of hydrogen-bond acceptors (Lipinski definition) is 3. The van der Waals surface area contributed by atoms with E-state index in [0.717, 1.165) is 12.1 Å². The first-order valence-electron chi connectivity index (χ1n) is 4.96. The summed E-state index contributed by atoms with van der Waals surface area (Å²) in [6, 6.07) is 1.91. The molecule has 0 aliphatic carbocycles. The van der Waals surface area contributed by atoms with Gasteiger partial charge >= 0.3 is 5.97 Å². The summed E-state index contributed by atoms with van der Waals surface area (Å²) >= 11 is 5.67. The van der Waals surface area contributed by atoms with Crippen LogP contribution in [0.1, 0.15) is 10.5 Å². The zero-order chi connectivity index (χ0) is 14.2. The van der Waals surface area contributed by atoms with Gasteiger partial charge in [0, 0.05) is 6.07 Å². The van der Waals surface area contributed by atoms with E-state index >= 15 is 0 Å². The number of nitrogens with zero attached hydrogens (tertiary/aromatic N) is 1. The predicted octanol–water partition coefficient (Wildman–Crippen LogP) is 2.72. The Morgan fingerprint density at radius 1 is 1.47 bits per heavy atom. The molecule has 2 rings (SSSR count). The van der Waals surface area contributed by atoms with Gasteiger partial charge in [0.2, 0.25) is 0 Å². The summed E-state index contributed by atoms with van der Waals surface area (Å²) in [4.78, 5) is 10.7. The van der Waals surface area contributed by atoms with Crippen LogP contribution in [-0.2, 0) is 0 Å². The van der Waals surface area contributed by atoms with Gasteiger partial charge in [0.15, 0.2) is 5.82 Å². The first-order chi connectivity index (χ1) is 8.95. The maximum atomic E-state index is 14.0. The van der Waals surface area contributed by atoms with Crippen LogP contribution in [-0.4, -0.2) is 28.4 Å². The molecule has 100 valence electrons. The lowest BCUT2D eigenvalue weighted by molar-refractivity contribution is 0.0690. The lowest BCUT2D eigenvalue weighted by Crippen LogP contribution is -1.96. The second-order valence-electron chi connectivity index (χ2n) is 3.54. The van der Waals surface area contributed by atoms with Crippen LogP contribution in [0.15, 0.2) is 12.1 Å². The van der Waals surface area contributed by atoms with Gasteiger partial charge in [-0.1, -0.05) is 11.6 Å².